The number of hydrogen-bond donors (Lipinski definition) is 0. The molecule has 4 nitrogen and oxygen atoms in total. The van der Waals surface area contributed by atoms with E-state index in [9.17, 15) is 9.59 Å². The molecular weight excluding hydrogens is 204 g/mol. The lowest BCUT2D eigenvalue weighted by molar-refractivity contribution is -0.121. The van der Waals surface area contributed by atoms with E-state index in [1.165, 1.54) is 0 Å². The zero-order chi connectivity index (χ0) is 11.5. The number of nitrogens with zero attached hydrogens (tertiary/aromatic N) is 2. The molecular formula is C12H16N2O2. The van der Waals surface area contributed by atoms with Gasteiger partial charge in [0.2, 0.25) is 0 Å². The summed E-state index contributed by atoms with van der Waals surface area (Å²) >= 11 is 0. The number of aromatic nitrogens is 2. The molecule has 0 aliphatic heterocycles. The summed E-state index contributed by atoms with van der Waals surface area (Å²) in [4.78, 5) is 23.5. The van der Waals surface area contributed by atoms with Gasteiger partial charge in [-0.05, 0) is 18.9 Å². The molecule has 0 amide bonds. The number of carbonyl (C=O) groups excluding carboxylic acids is 2. The topological polar surface area (TPSA) is 52.0 Å². The average Bonchev–Trinajstić information content (AvgIpc) is 2.87. The summed E-state index contributed by atoms with van der Waals surface area (Å²) in [6.07, 6.45) is 5.87. The Morgan fingerprint density at radius 1 is 1.44 bits per heavy atom. The highest BCUT2D eigenvalue weighted by Crippen LogP contribution is 2.26. The number of hydrogen-bond acceptors (Lipinski definition) is 3. The summed E-state index contributed by atoms with van der Waals surface area (Å²) in [7, 11) is 1.76. The molecule has 1 aromatic heterocycles. The van der Waals surface area contributed by atoms with Gasteiger partial charge in [-0.1, -0.05) is 12.8 Å². The standard InChI is InChI=1S/C12H16N2O2/c1-14-7-6-10(13-14)12(16)8-11(15)9-4-2-3-5-9/h6-7,9H,2-5,8H2,1H3. The predicted octanol–water partition coefficient (Wildman–Crippen LogP) is 1.75. The van der Waals surface area contributed by atoms with Crippen LogP contribution in [0.3, 0.4) is 0 Å². The van der Waals surface area contributed by atoms with Gasteiger partial charge in [0.25, 0.3) is 0 Å². The van der Waals surface area contributed by atoms with E-state index in [0.29, 0.717) is 5.69 Å². The first-order chi connectivity index (χ1) is 7.66. The highest BCUT2D eigenvalue weighted by Gasteiger charge is 2.25. The predicted molar refractivity (Wildman–Crippen MR) is 59.1 cm³/mol. The number of rotatable bonds is 4. The fourth-order valence-corrected chi connectivity index (χ4v) is 2.20. The molecule has 1 aliphatic carbocycles. The van der Waals surface area contributed by atoms with E-state index in [2.05, 4.69) is 5.10 Å². The van der Waals surface area contributed by atoms with Gasteiger partial charge in [-0.3, -0.25) is 14.3 Å². The Bertz CT molecular complexity index is 403. The monoisotopic (exact) mass is 220 g/mol. The van der Waals surface area contributed by atoms with Gasteiger partial charge >= 0.3 is 0 Å². The minimum Gasteiger partial charge on any atom is -0.299 e. The third-order valence-corrected chi connectivity index (χ3v) is 3.14. The van der Waals surface area contributed by atoms with Crippen molar-refractivity contribution >= 4 is 11.6 Å². The molecule has 0 atom stereocenters. The van der Waals surface area contributed by atoms with Crippen molar-refractivity contribution in [2.75, 3.05) is 0 Å². The summed E-state index contributed by atoms with van der Waals surface area (Å²) < 4.78 is 1.58. The van der Waals surface area contributed by atoms with Crippen LogP contribution in [-0.4, -0.2) is 21.3 Å². The Labute approximate surface area is 94.6 Å². The van der Waals surface area contributed by atoms with Gasteiger partial charge in [-0.25, -0.2) is 0 Å². The van der Waals surface area contributed by atoms with Gasteiger partial charge in [0.15, 0.2) is 5.78 Å². The largest absolute Gasteiger partial charge is 0.299 e. The fraction of sp³-hybridized carbons (Fsp3) is 0.583. The first-order valence-electron chi connectivity index (χ1n) is 5.72. The molecule has 0 N–H and O–H groups in total. The molecule has 16 heavy (non-hydrogen) atoms. The third kappa shape index (κ3) is 2.38. The summed E-state index contributed by atoms with van der Waals surface area (Å²) in [6.45, 7) is 0. The van der Waals surface area contributed by atoms with Crippen LogP contribution in [-0.2, 0) is 11.8 Å². The Morgan fingerprint density at radius 2 is 2.12 bits per heavy atom. The molecule has 0 aromatic carbocycles. The maximum absolute atomic E-state index is 11.8. The SMILES string of the molecule is Cn1ccc(C(=O)CC(=O)C2CCCC2)n1. The molecule has 1 aromatic rings. The maximum atomic E-state index is 11.8. The summed E-state index contributed by atoms with van der Waals surface area (Å²) in [5.41, 5.74) is 0.397. The Kier molecular flexibility index (Phi) is 3.17. The van der Waals surface area contributed by atoms with Crippen molar-refractivity contribution in [2.45, 2.75) is 32.1 Å². The number of aryl methyl sites for hydroxylation is 1. The van der Waals surface area contributed by atoms with Crippen LogP contribution in [0.5, 0.6) is 0 Å². The molecule has 1 heterocycles. The van der Waals surface area contributed by atoms with Crippen molar-refractivity contribution in [2.24, 2.45) is 13.0 Å². The maximum Gasteiger partial charge on any atom is 0.190 e. The smallest absolute Gasteiger partial charge is 0.190 e. The molecule has 86 valence electrons. The molecule has 0 saturated heterocycles. The van der Waals surface area contributed by atoms with Gasteiger partial charge in [0, 0.05) is 19.2 Å². The van der Waals surface area contributed by atoms with Crippen molar-refractivity contribution in [3.63, 3.8) is 0 Å². The van der Waals surface area contributed by atoms with E-state index >= 15 is 0 Å². The van der Waals surface area contributed by atoms with Crippen LogP contribution < -0.4 is 0 Å². The average molecular weight is 220 g/mol. The van der Waals surface area contributed by atoms with Crippen molar-refractivity contribution in [1.29, 1.82) is 0 Å². The normalized spacial score (nSPS) is 16.6. The van der Waals surface area contributed by atoms with Crippen molar-refractivity contribution in [3.8, 4) is 0 Å². The lowest BCUT2D eigenvalue weighted by Gasteiger charge is -2.05. The second-order valence-electron chi connectivity index (χ2n) is 4.42. The summed E-state index contributed by atoms with van der Waals surface area (Å²) in [6, 6.07) is 1.66. The Hall–Kier alpha value is -1.45. The molecule has 0 spiro atoms. The number of carbonyl (C=O) groups is 2. The first-order valence-corrected chi connectivity index (χ1v) is 5.72. The zero-order valence-electron chi connectivity index (χ0n) is 9.48. The third-order valence-electron chi connectivity index (χ3n) is 3.14. The molecule has 0 radical (unpaired) electrons. The van der Waals surface area contributed by atoms with Crippen LogP contribution in [0.4, 0.5) is 0 Å². The van der Waals surface area contributed by atoms with Crippen LogP contribution in [0.2, 0.25) is 0 Å². The molecule has 0 bridgehead atoms. The first kappa shape index (κ1) is 11.0. The second kappa shape index (κ2) is 4.60. The van der Waals surface area contributed by atoms with Crippen LogP contribution in [0.1, 0.15) is 42.6 Å². The minimum absolute atomic E-state index is 0.0156. The van der Waals surface area contributed by atoms with E-state index < -0.39 is 0 Å². The highest BCUT2D eigenvalue weighted by molar-refractivity contribution is 6.07. The van der Waals surface area contributed by atoms with E-state index in [-0.39, 0.29) is 23.9 Å². The van der Waals surface area contributed by atoms with Gasteiger partial charge in [-0.15, -0.1) is 0 Å². The zero-order valence-corrected chi connectivity index (χ0v) is 9.48. The van der Waals surface area contributed by atoms with Crippen molar-refractivity contribution in [1.82, 2.24) is 9.78 Å². The van der Waals surface area contributed by atoms with Crippen molar-refractivity contribution < 1.29 is 9.59 Å². The number of ketones is 2. The van der Waals surface area contributed by atoms with E-state index in [4.69, 9.17) is 0 Å². The van der Waals surface area contributed by atoms with Gasteiger partial charge < -0.3 is 0 Å². The van der Waals surface area contributed by atoms with Crippen LogP contribution in [0.15, 0.2) is 12.3 Å². The molecule has 2 rings (SSSR count). The van der Waals surface area contributed by atoms with Gasteiger partial charge in [-0.2, -0.15) is 5.10 Å². The quantitative estimate of drug-likeness (QED) is 0.573. The van der Waals surface area contributed by atoms with Crippen molar-refractivity contribution in [3.05, 3.63) is 18.0 Å². The van der Waals surface area contributed by atoms with Gasteiger partial charge in [0.05, 0.1) is 6.42 Å². The molecule has 0 unspecified atom stereocenters. The molecule has 4 heteroatoms. The van der Waals surface area contributed by atoms with E-state index in [0.717, 1.165) is 25.7 Å². The number of Topliss-reactive ketones (excluding diaryl/α,β-unsaturated/α-hetero) is 2. The molecule has 1 aliphatic rings. The second-order valence-corrected chi connectivity index (χ2v) is 4.42. The Morgan fingerprint density at radius 3 is 2.69 bits per heavy atom. The van der Waals surface area contributed by atoms with Gasteiger partial charge in [0.1, 0.15) is 11.5 Å². The van der Waals surface area contributed by atoms with Crippen LogP contribution >= 0.6 is 0 Å². The van der Waals surface area contributed by atoms with Crippen LogP contribution in [0.25, 0.3) is 0 Å². The summed E-state index contributed by atoms with van der Waals surface area (Å²) in [5.74, 6) is 0.0540. The van der Waals surface area contributed by atoms with E-state index in [1.807, 2.05) is 0 Å². The lowest BCUT2D eigenvalue weighted by atomic mass is 9.98. The van der Waals surface area contributed by atoms with Crippen LogP contribution in [0, 0.1) is 5.92 Å². The highest BCUT2D eigenvalue weighted by atomic mass is 16.1. The molecule has 1 fully saturated rings. The molecule has 1 saturated carbocycles. The lowest BCUT2D eigenvalue weighted by Crippen LogP contribution is -2.16. The summed E-state index contributed by atoms with van der Waals surface area (Å²) in [5, 5.41) is 4.01. The minimum atomic E-state index is -0.155. The Balaban J connectivity index is 1.94. The fourth-order valence-electron chi connectivity index (χ4n) is 2.20. The van der Waals surface area contributed by atoms with E-state index in [1.54, 1.807) is 24.0 Å².